The van der Waals surface area contributed by atoms with Gasteiger partial charge in [-0.05, 0) is 74.3 Å². The maximum atomic E-state index is 13.5. The molecule has 100 valence electrons. The van der Waals surface area contributed by atoms with Crippen LogP contribution in [-0.2, 0) is 6.42 Å². The Labute approximate surface area is 132 Å². The van der Waals surface area contributed by atoms with Crippen molar-refractivity contribution in [3.05, 3.63) is 67.2 Å². The second kappa shape index (κ2) is 6.28. The monoisotopic (exact) mass is 437 g/mol. The van der Waals surface area contributed by atoms with Gasteiger partial charge in [-0.3, -0.25) is 0 Å². The van der Waals surface area contributed by atoms with Crippen LogP contribution in [0, 0.1) is 15.2 Å². The Hall–Kier alpha value is -0.530. The summed E-state index contributed by atoms with van der Waals surface area (Å²) in [5.74, 6) is -1.77. The molecule has 0 bridgehead atoms. The zero-order chi connectivity index (χ0) is 14.0. The molecule has 2 aromatic carbocycles. The van der Waals surface area contributed by atoms with Crippen molar-refractivity contribution in [1.29, 1.82) is 0 Å². The average molecular weight is 438 g/mol. The number of benzene rings is 2. The first-order valence-corrected chi connectivity index (χ1v) is 7.49. The third kappa shape index (κ3) is 3.52. The molecule has 0 heterocycles. The van der Waals surface area contributed by atoms with E-state index < -0.39 is 11.6 Å². The first kappa shape index (κ1) is 14.9. The molecule has 1 unspecified atom stereocenters. The Balaban J connectivity index is 2.23. The number of nitrogens with two attached hydrogens (primary N) is 1. The van der Waals surface area contributed by atoms with Gasteiger partial charge in [-0.2, -0.15) is 0 Å². The van der Waals surface area contributed by atoms with Gasteiger partial charge in [-0.25, -0.2) is 8.78 Å². The first-order valence-electron chi connectivity index (χ1n) is 5.62. The van der Waals surface area contributed by atoms with Crippen LogP contribution in [0.15, 0.2) is 40.9 Å². The summed E-state index contributed by atoms with van der Waals surface area (Å²) in [6.45, 7) is 0. The fourth-order valence-corrected chi connectivity index (χ4v) is 2.79. The lowest BCUT2D eigenvalue weighted by Crippen LogP contribution is -2.14. The second-order valence-electron chi connectivity index (χ2n) is 4.20. The lowest BCUT2D eigenvalue weighted by Gasteiger charge is -2.14. The molecule has 0 saturated carbocycles. The summed E-state index contributed by atoms with van der Waals surface area (Å²) < 4.78 is 27.8. The van der Waals surface area contributed by atoms with E-state index in [1.807, 2.05) is 24.3 Å². The summed E-state index contributed by atoms with van der Waals surface area (Å²) in [5, 5.41) is 0. The highest BCUT2D eigenvalue weighted by atomic mass is 127. The maximum absolute atomic E-state index is 13.5. The Morgan fingerprint density at radius 3 is 2.37 bits per heavy atom. The highest BCUT2D eigenvalue weighted by molar-refractivity contribution is 14.1. The number of hydrogen-bond donors (Lipinski definition) is 1. The Morgan fingerprint density at radius 2 is 1.74 bits per heavy atom. The molecule has 0 spiro atoms. The molecule has 0 saturated heterocycles. The van der Waals surface area contributed by atoms with Crippen molar-refractivity contribution >= 4 is 38.5 Å². The fourth-order valence-electron chi connectivity index (χ4n) is 1.81. The Morgan fingerprint density at radius 1 is 1.11 bits per heavy atom. The molecule has 5 heteroatoms. The molecular weight excluding hydrogens is 427 g/mol. The van der Waals surface area contributed by atoms with Crippen molar-refractivity contribution in [3.8, 4) is 0 Å². The van der Waals surface area contributed by atoms with Crippen molar-refractivity contribution in [2.24, 2.45) is 5.73 Å². The zero-order valence-electron chi connectivity index (χ0n) is 9.84. The standard InChI is InChI=1S/C14H11BrF2IN/c15-13-10(5-6-11(16)14(13)17)12(19)7-8-1-3-9(18)4-2-8/h1-6,12H,7,19H2. The van der Waals surface area contributed by atoms with E-state index in [1.54, 1.807) is 0 Å². The van der Waals surface area contributed by atoms with Gasteiger partial charge in [0.15, 0.2) is 11.6 Å². The van der Waals surface area contributed by atoms with Crippen LogP contribution in [0.1, 0.15) is 17.2 Å². The van der Waals surface area contributed by atoms with Crippen molar-refractivity contribution in [3.63, 3.8) is 0 Å². The van der Waals surface area contributed by atoms with E-state index in [2.05, 4.69) is 38.5 Å². The van der Waals surface area contributed by atoms with Gasteiger partial charge < -0.3 is 5.73 Å². The van der Waals surface area contributed by atoms with Crippen LogP contribution in [-0.4, -0.2) is 0 Å². The van der Waals surface area contributed by atoms with Gasteiger partial charge in [-0.15, -0.1) is 0 Å². The highest BCUT2D eigenvalue weighted by Crippen LogP contribution is 2.28. The smallest absolute Gasteiger partial charge is 0.173 e. The highest BCUT2D eigenvalue weighted by Gasteiger charge is 2.16. The number of hydrogen-bond acceptors (Lipinski definition) is 1. The van der Waals surface area contributed by atoms with E-state index in [1.165, 1.54) is 6.07 Å². The minimum atomic E-state index is -0.893. The minimum absolute atomic E-state index is 0.102. The van der Waals surface area contributed by atoms with Gasteiger partial charge in [0.2, 0.25) is 0 Å². The van der Waals surface area contributed by atoms with E-state index in [0.717, 1.165) is 15.2 Å². The quantitative estimate of drug-likeness (QED) is 0.552. The predicted octanol–water partition coefficient (Wildman–Crippen LogP) is 4.57. The predicted molar refractivity (Wildman–Crippen MR) is 83.8 cm³/mol. The van der Waals surface area contributed by atoms with Gasteiger partial charge >= 0.3 is 0 Å². The van der Waals surface area contributed by atoms with Crippen LogP contribution in [0.5, 0.6) is 0 Å². The van der Waals surface area contributed by atoms with Gasteiger partial charge in [0, 0.05) is 9.61 Å². The van der Waals surface area contributed by atoms with Crippen LogP contribution in [0.2, 0.25) is 0 Å². The van der Waals surface area contributed by atoms with Crippen LogP contribution in [0.4, 0.5) is 8.78 Å². The number of rotatable bonds is 3. The van der Waals surface area contributed by atoms with Gasteiger partial charge in [0.25, 0.3) is 0 Å². The third-order valence-electron chi connectivity index (χ3n) is 2.83. The Kier molecular flexibility index (Phi) is 4.92. The van der Waals surface area contributed by atoms with E-state index in [4.69, 9.17) is 5.73 Å². The van der Waals surface area contributed by atoms with Crippen LogP contribution < -0.4 is 5.73 Å². The van der Waals surface area contributed by atoms with Crippen LogP contribution in [0.25, 0.3) is 0 Å². The SMILES string of the molecule is NC(Cc1ccc(I)cc1)c1ccc(F)c(F)c1Br. The van der Waals surface area contributed by atoms with Gasteiger partial charge in [-0.1, -0.05) is 18.2 Å². The molecular formula is C14H11BrF2IN. The van der Waals surface area contributed by atoms with Crippen LogP contribution in [0.3, 0.4) is 0 Å². The molecule has 0 amide bonds. The third-order valence-corrected chi connectivity index (χ3v) is 4.36. The fraction of sp³-hybridized carbons (Fsp3) is 0.143. The molecule has 0 fully saturated rings. The molecule has 2 aromatic rings. The van der Waals surface area contributed by atoms with E-state index in [0.29, 0.717) is 12.0 Å². The molecule has 1 nitrogen and oxygen atoms in total. The molecule has 0 radical (unpaired) electrons. The second-order valence-corrected chi connectivity index (χ2v) is 6.24. The summed E-state index contributed by atoms with van der Waals surface area (Å²) in [5.41, 5.74) is 7.69. The van der Waals surface area contributed by atoms with E-state index >= 15 is 0 Å². The van der Waals surface area contributed by atoms with Crippen molar-refractivity contribution < 1.29 is 8.78 Å². The normalized spacial score (nSPS) is 12.5. The molecule has 2 N–H and O–H groups in total. The molecule has 0 aliphatic rings. The topological polar surface area (TPSA) is 26.0 Å². The molecule has 19 heavy (non-hydrogen) atoms. The maximum Gasteiger partial charge on any atom is 0.173 e. The lowest BCUT2D eigenvalue weighted by atomic mass is 9.99. The molecule has 1 atom stereocenters. The van der Waals surface area contributed by atoms with Crippen molar-refractivity contribution in [1.82, 2.24) is 0 Å². The molecule has 0 aliphatic carbocycles. The summed E-state index contributed by atoms with van der Waals surface area (Å²) in [6.07, 6.45) is 0.570. The van der Waals surface area contributed by atoms with E-state index in [-0.39, 0.29) is 10.5 Å². The summed E-state index contributed by atoms with van der Waals surface area (Å²) in [4.78, 5) is 0. The summed E-state index contributed by atoms with van der Waals surface area (Å²) in [6, 6.07) is 10.2. The average Bonchev–Trinajstić information content (AvgIpc) is 2.39. The summed E-state index contributed by atoms with van der Waals surface area (Å²) in [7, 11) is 0. The van der Waals surface area contributed by atoms with Crippen molar-refractivity contribution in [2.45, 2.75) is 12.5 Å². The summed E-state index contributed by atoms with van der Waals surface area (Å²) >= 11 is 5.29. The van der Waals surface area contributed by atoms with Crippen molar-refractivity contribution in [2.75, 3.05) is 0 Å². The molecule has 0 aromatic heterocycles. The first-order chi connectivity index (χ1) is 8.99. The Bertz CT molecular complexity index is 587. The largest absolute Gasteiger partial charge is 0.324 e. The zero-order valence-corrected chi connectivity index (χ0v) is 13.6. The number of halogens is 4. The molecule has 0 aliphatic heterocycles. The molecule has 2 rings (SSSR count). The van der Waals surface area contributed by atoms with Gasteiger partial charge in [0.05, 0.1) is 4.47 Å². The van der Waals surface area contributed by atoms with Gasteiger partial charge in [0.1, 0.15) is 0 Å². The minimum Gasteiger partial charge on any atom is -0.324 e. The van der Waals surface area contributed by atoms with E-state index in [9.17, 15) is 8.78 Å². The van der Waals surface area contributed by atoms with Crippen LogP contribution >= 0.6 is 38.5 Å². The lowest BCUT2D eigenvalue weighted by molar-refractivity contribution is 0.500.